The fourth-order valence-corrected chi connectivity index (χ4v) is 2.70. The van der Waals surface area contributed by atoms with Crippen LogP contribution in [-0.2, 0) is 0 Å². The maximum Gasteiger partial charge on any atom is 0.123 e. The van der Waals surface area contributed by atoms with Gasteiger partial charge in [-0.3, -0.25) is 9.80 Å². The summed E-state index contributed by atoms with van der Waals surface area (Å²) in [4.78, 5) is 4.74. The third-order valence-corrected chi connectivity index (χ3v) is 4.07. The summed E-state index contributed by atoms with van der Waals surface area (Å²) >= 11 is 0. The van der Waals surface area contributed by atoms with E-state index < -0.39 is 0 Å². The largest absolute Gasteiger partial charge is 0.508 e. The molecule has 1 aliphatic heterocycles. The first-order chi connectivity index (χ1) is 8.99. The second-order valence-electron chi connectivity index (χ2n) is 5.54. The smallest absolute Gasteiger partial charge is 0.123 e. The van der Waals surface area contributed by atoms with E-state index in [0.29, 0.717) is 11.6 Å². The minimum Gasteiger partial charge on any atom is -0.508 e. The lowest BCUT2D eigenvalue weighted by atomic mass is 10.0. The SMILES string of the molecule is CC(C)N1CCN(C(C)c2cc(F)ccc2O)CC1. The molecular formula is C15H23FN2O. The third kappa shape index (κ3) is 3.25. The van der Waals surface area contributed by atoms with Gasteiger partial charge in [-0.15, -0.1) is 0 Å². The highest BCUT2D eigenvalue weighted by molar-refractivity contribution is 5.35. The molecule has 1 saturated heterocycles. The van der Waals surface area contributed by atoms with Crippen molar-refractivity contribution in [1.82, 2.24) is 9.80 Å². The molecule has 2 rings (SSSR count). The summed E-state index contributed by atoms with van der Waals surface area (Å²) < 4.78 is 13.3. The first-order valence-electron chi connectivity index (χ1n) is 6.95. The number of piperazine rings is 1. The summed E-state index contributed by atoms with van der Waals surface area (Å²) in [7, 11) is 0. The van der Waals surface area contributed by atoms with Gasteiger partial charge in [0.15, 0.2) is 0 Å². The molecule has 0 amide bonds. The van der Waals surface area contributed by atoms with Crippen molar-refractivity contribution in [3.63, 3.8) is 0 Å². The number of hydrogen-bond donors (Lipinski definition) is 1. The number of halogens is 1. The molecule has 0 aromatic heterocycles. The summed E-state index contributed by atoms with van der Waals surface area (Å²) in [6.07, 6.45) is 0. The molecule has 19 heavy (non-hydrogen) atoms. The number of hydrogen-bond acceptors (Lipinski definition) is 3. The maximum atomic E-state index is 13.3. The van der Waals surface area contributed by atoms with Crippen molar-refractivity contribution in [1.29, 1.82) is 0 Å². The van der Waals surface area contributed by atoms with E-state index in [4.69, 9.17) is 0 Å². The Morgan fingerprint density at radius 2 is 1.63 bits per heavy atom. The number of aromatic hydroxyl groups is 1. The molecule has 1 unspecified atom stereocenters. The summed E-state index contributed by atoms with van der Waals surface area (Å²) in [5.41, 5.74) is 0.679. The zero-order valence-corrected chi connectivity index (χ0v) is 11.9. The van der Waals surface area contributed by atoms with Gasteiger partial charge in [0.05, 0.1) is 0 Å². The van der Waals surface area contributed by atoms with Crippen LogP contribution < -0.4 is 0 Å². The standard InChI is InChI=1S/C15H23FN2O/c1-11(2)17-6-8-18(9-7-17)12(3)14-10-13(16)4-5-15(14)19/h4-5,10-12,19H,6-9H2,1-3H3. The lowest BCUT2D eigenvalue weighted by molar-refractivity contribution is 0.0825. The molecule has 4 heteroatoms. The normalized spacial score (nSPS) is 19.8. The van der Waals surface area contributed by atoms with E-state index in [1.807, 2.05) is 6.92 Å². The van der Waals surface area contributed by atoms with Gasteiger partial charge in [-0.05, 0) is 39.0 Å². The van der Waals surface area contributed by atoms with Crippen molar-refractivity contribution < 1.29 is 9.50 Å². The van der Waals surface area contributed by atoms with Crippen molar-refractivity contribution >= 4 is 0 Å². The average molecular weight is 266 g/mol. The predicted molar refractivity (Wildman–Crippen MR) is 74.8 cm³/mol. The van der Waals surface area contributed by atoms with Gasteiger partial charge >= 0.3 is 0 Å². The molecular weight excluding hydrogens is 243 g/mol. The van der Waals surface area contributed by atoms with Gasteiger partial charge in [-0.2, -0.15) is 0 Å². The Bertz CT molecular complexity index is 428. The van der Waals surface area contributed by atoms with E-state index in [-0.39, 0.29) is 17.6 Å². The number of benzene rings is 1. The van der Waals surface area contributed by atoms with Gasteiger partial charge in [0.2, 0.25) is 0 Å². The second kappa shape index (κ2) is 5.88. The van der Waals surface area contributed by atoms with Crippen molar-refractivity contribution in [3.05, 3.63) is 29.6 Å². The van der Waals surface area contributed by atoms with Crippen molar-refractivity contribution in [3.8, 4) is 5.75 Å². The van der Waals surface area contributed by atoms with Crippen LogP contribution in [0.25, 0.3) is 0 Å². The van der Waals surface area contributed by atoms with E-state index in [9.17, 15) is 9.50 Å². The van der Waals surface area contributed by atoms with Crippen LogP contribution >= 0.6 is 0 Å². The summed E-state index contributed by atoms with van der Waals surface area (Å²) in [5, 5.41) is 9.87. The number of rotatable bonds is 3. The minimum atomic E-state index is -0.291. The lowest BCUT2D eigenvalue weighted by Gasteiger charge is -2.40. The Morgan fingerprint density at radius 1 is 1.05 bits per heavy atom. The van der Waals surface area contributed by atoms with Crippen molar-refractivity contribution in [2.24, 2.45) is 0 Å². The topological polar surface area (TPSA) is 26.7 Å². The van der Waals surface area contributed by atoms with Gasteiger partial charge in [-0.25, -0.2) is 4.39 Å². The van der Waals surface area contributed by atoms with Crippen LogP contribution in [-0.4, -0.2) is 47.1 Å². The molecule has 1 atom stereocenters. The van der Waals surface area contributed by atoms with Gasteiger partial charge < -0.3 is 5.11 Å². The highest BCUT2D eigenvalue weighted by Gasteiger charge is 2.24. The average Bonchev–Trinajstić information content (AvgIpc) is 2.41. The minimum absolute atomic E-state index is 0.0463. The van der Waals surface area contributed by atoms with E-state index in [1.54, 1.807) is 0 Å². The molecule has 1 N–H and O–H groups in total. The quantitative estimate of drug-likeness (QED) is 0.911. The highest BCUT2D eigenvalue weighted by Crippen LogP contribution is 2.29. The van der Waals surface area contributed by atoms with Crippen molar-refractivity contribution in [2.75, 3.05) is 26.2 Å². The molecule has 1 fully saturated rings. The molecule has 0 bridgehead atoms. The molecule has 0 radical (unpaired) electrons. The lowest BCUT2D eigenvalue weighted by Crippen LogP contribution is -2.49. The third-order valence-electron chi connectivity index (χ3n) is 4.07. The molecule has 0 spiro atoms. The van der Waals surface area contributed by atoms with Crippen LogP contribution in [0.3, 0.4) is 0 Å². The van der Waals surface area contributed by atoms with Crippen molar-refractivity contribution in [2.45, 2.75) is 32.9 Å². The maximum absolute atomic E-state index is 13.3. The Labute approximate surface area is 114 Å². The summed E-state index contributed by atoms with van der Waals surface area (Å²) in [6.45, 7) is 10.4. The Hall–Kier alpha value is -1.13. The fourth-order valence-electron chi connectivity index (χ4n) is 2.70. The Morgan fingerprint density at radius 3 is 2.21 bits per heavy atom. The van der Waals surface area contributed by atoms with Gasteiger partial charge in [0.1, 0.15) is 11.6 Å². The zero-order valence-electron chi connectivity index (χ0n) is 11.9. The molecule has 1 aliphatic rings. The van der Waals surface area contributed by atoms with Gasteiger partial charge in [0, 0.05) is 43.8 Å². The van der Waals surface area contributed by atoms with Crippen LogP contribution in [0, 0.1) is 5.82 Å². The van der Waals surface area contributed by atoms with Crippen LogP contribution in [0.1, 0.15) is 32.4 Å². The summed E-state index contributed by atoms with van der Waals surface area (Å²) in [5.74, 6) is -0.111. The molecule has 0 saturated carbocycles. The second-order valence-corrected chi connectivity index (χ2v) is 5.54. The zero-order chi connectivity index (χ0) is 14.0. The van der Waals surface area contributed by atoms with Gasteiger partial charge in [-0.1, -0.05) is 0 Å². The highest BCUT2D eigenvalue weighted by atomic mass is 19.1. The molecule has 1 aromatic carbocycles. The molecule has 0 aliphatic carbocycles. The predicted octanol–water partition coefficient (Wildman–Crippen LogP) is 2.62. The first kappa shape index (κ1) is 14.3. The molecule has 106 valence electrons. The van der Waals surface area contributed by atoms with Crippen LogP contribution in [0.4, 0.5) is 4.39 Å². The number of phenolic OH excluding ortho intramolecular Hbond substituents is 1. The van der Waals surface area contributed by atoms with Crippen LogP contribution in [0.2, 0.25) is 0 Å². The number of nitrogens with zero attached hydrogens (tertiary/aromatic N) is 2. The molecule has 1 aromatic rings. The monoisotopic (exact) mass is 266 g/mol. The Balaban J connectivity index is 2.05. The molecule has 1 heterocycles. The van der Waals surface area contributed by atoms with Crippen LogP contribution in [0.5, 0.6) is 5.75 Å². The molecule has 3 nitrogen and oxygen atoms in total. The van der Waals surface area contributed by atoms with E-state index >= 15 is 0 Å². The van der Waals surface area contributed by atoms with Crippen LogP contribution in [0.15, 0.2) is 18.2 Å². The van der Waals surface area contributed by atoms with E-state index in [0.717, 1.165) is 26.2 Å². The Kier molecular flexibility index (Phi) is 4.42. The van der Waals surface area contributed by atoms with Gasteiger partial charge in [0.25, 0.3) is 0 Å². The fraction of sp³-hybridized carbons (Fsp3) is 0.600. The number of phenols is 1. The van der Waals surface area contributed by atoms with E-state index in [2.05, 4.69) is 23.6 Å². The first-order valence-corrected chi connectivity index (χ1v) is 6.95. The van der Waals surface area contributed by atoms with E-state index in [1.165, 1.54) is 18.2 Å². The summed E-state index contributed by atoms with van der Waals surface area (Å²) in [6, 6.07) is 4.79.